The van der Waals surface area contributed by atoms with Gasteiger partial charge in [0.1, 0.15) is 6.04 Å². The molecule has 1 spiro atoms. The van der Waals surface area contributed by atoms with E-state index in [2.05, 4.69) is 29.6 Å². The van der Waals surface area contributed by atoms with Crippen molar-refractivity contribution in [2.45, 2.75) is 77.7 Å². The summed E-state index contributed by atoms with van der Waals surface area (Å²) in [6, 6.07) is 8.68. The molecule has 4 atom stereocenters. The van der Waals surface area contributed by atoms with Crippen LogP contribution in [0, 0.1) is 34.5 Å². The van der Waals surface area contributed by atoms with Crippen LogP contribution in [0.5, 0.6) is 0 Å². The highest BCUT2D eigenvalue weighted by atomic mass is 19.4. The summed E-state index contributed by atoms with van der Waals surface area (Å²) in [4.78, 5) is 57.8. The Morgan fingerprint density at radius 3 is 2.25 bits per heavy atom. The fourth-order valence-corrected chi connectivity index (χ4v) is 8.14. The number of rotatable bonds is 11. The largest absolute Gasteiger partial charge is 0.391 e. The number of nitrogens with zero attached hydrogens (tertiary/aromatic N) is 4. The third-order valence-electron chi connectivity index (χ3n) is 11.7. The first-order chi connectivity index (χ1) is 24.1. The van der Waals surface area contributed by atoms with E-state index in [9.17, 15) is 32.3 Å². The molecule has 51 heavy (non-hydrogen) atoms. The summed E-state index contributed by atoms with van der Waals surface area (Å²) in [7, 11) is 1.46. The van der Waals surface area contributed by atoms with Gasteiger partial charge in [0, 0.05) is 57.4 Å². The summed E-state index contributed by atoms with van der Waals surface area (Å²) in [5.74, 6) is -3.22. The van der Waals surface area contributed by atoms with Crippen LogP contribution in [0.4, 0.5) is 13.2 Å². The van der Waals surface area contributed by atoms with Gasteiger partial charge in [-0.3, -0.25) is 23.9 Å². The Bertz CT molecular complexity index is 1600. The summed E-state index contributed by atoms with van der Waals surface area (Å²) in [5, 5.41) is 9.86. The fourth-order valence-electron chi connectivity index (χ4n) is 8.14. The number of alkyl halides is 3. The van der Waals surface area contributed by atoms with Crippen molar-refractivity contribution in [3.63, 3.8) is 0 Å². The lowest BCUT2D eigenvalue weighted by atomic mass is 9.70. The van der Waals surface area contributed by atoms with Crippen LogP contribution in [0.15, 0.2) is 42.7 Å². The minimum Gasteiger partial charge on any atom is -0.376 e. The van der Waals surface area contributed by atoms with Gasteiger partial charge < -0.3 is 25.2 Å². The van der Waals surface area contributed by atoms with Gasteiger partial charge in [0.2, 0.25) is 17.7 Å². The number of hydrogen-bond donors (Lipinski definition) is 2. The number of hydrogen-bond acceptors (Lipinski definition) is 6. The van der Waals surface area contributed by atoms with E-state index >= 15 is 0 Å². The van der Waals surface area contributed by atoms with Gasteiger partial charge in [-0.15, -0.1) is 0 Å². The van der Waals surface area contributed by atoms with Gasteiger partial charge in [-0.05, 0) is 55.9 Å². The molecule has 2 saturated heterocycles. The van der Waals surface area contributed by atoms with Crippen LogP contribution in [-0.2, 0) is 25.7 Å². The predicted octanol–water partition coefficient (Wildman–Crippen LogP) is 3.88. The molecule has 2 aliphatic carbocycles. The Kier molecular flexibility index (Phi) is 10.3. The van der Waals surface area contributed by atoms with Crippen LogP contribution in [0.3, 0.4) is 0 Å². The maximum Gasteiger partial charge on any atom is 0.391 e. The van der Waals surface area contributed by atoms with Crippen LogP contribution in [0.1, 0.15) is 68.8 Å². The molecule has 1 aromatic heterocycles. The molecule has 4 amide bonds. The predicted molar refractivity (Wildman–Crippen MR) is 181 cm³/mol. The number of aromatic nitrogens is 2. The van der Waals surface area contributed by atoms with Gasteiger partial charge in [-0.1, -0.05) is 44.2 Å². The topological polar surface area (TPSA) is 126 Å². The molecular weight excluding hydrogens is 665 g/mol. The Morgan fingerprint density at radius 2 is 1.65 bits per heavy atom. The normalized spacial score (nSPS) is 26.3. The lowest BCUT2D eigenvalue weighted by molar-refractivity contribution is -0.185. The van der Waals surface area contributed by atoms with E-state index in [0.717, 1.165) is 12.0 Å². The summed E-state index contributed by atoms with van der Waals surface area (Å²) < 4.78 is 47.2. The highest BCUT2D eigenvalue weighted by Gasteiger charge is 2.62. The van der Waals surface area contributed by atoms with Crippen molar-refractivity contribution in [1.29, 1.82) is 0 Å². The maximum atomic E-state index is 14.2. The third kappa shape index (κ3) is 7.95. The molecule has 0 radical (unpaired) electrons. The van der Waals surface area contributed by atoms with Crippen molar-refractivity contribution in [3.8, 4) is 0 Å². The zero-order valence-electron chi connectivity index (χ0n) is 29.7. The van der Waals surface area contributed by atoms with Crippen molar-refractivity contribution < 1.29 is 37.1 Å². The average Bonchev–Trinajstić information content (AvgIpc) is 3.39. The Morgan fingerprint density at radius 1 is 1.00 bits per heavy atom. The number of halogens is 3. The first-order valence-corrected chi connectivity index (χ1v) is 17.9. The van der Waals surface area contributed by atoms with E-state index in [0.29, 0.717) is 38.0 Å². The maximum absolute atomic E-state index is 14.2. The van der Waals surface area contributed by atoms with Crippen LogP contribution >= 0.6 is 0 Å². The van der Waals surface area contributed by atoms with E-state index < -0.39 is 47.4 Å². The van der Waals surface area contributed by atoms with E-state index in [4.69, 9.17) is 4.74 Å². The van der Waals surface area contributed by atoms with Gasteiger partial charge in [0.25, 0.3) is 5.91 Å². The van der Waals surface area contributed by atoms with E-state index in [1.807, 2.05) is 30.3 Å². The number of nitrogens with one attached hydrogen (secondary N) is 2. The van der Waals surface area contributed by atoms with Gasteiger partial charge >= 0.3 is 6.18 Å². The highest BCUT2D eigenvalue weighted by molar-refractivity contribution is 5.95. The summed E-state index contributed by atoms with van der Waals surface area (Å²) >= 11 is 0. The monoisotopic (exact) mass is 714 g/mol. The zero-order valence-corrected chi connectivity index (χ0v) is 29.7. The smallest absolute Gasteiger partial charge is 0.376 e. The number of benzene rings is 1. The quantitative estimate of drug-likeness (QED) is 0.364. The third-order valence-corrected chi connectivity index (χ3v) is 11.7. The number of carbonyl (C=O) groups is 4. The summed E-state index contributed by atoms with van der Waals surface area (Å²) in [6.45, 7) is 7.47. The molecular formula is C37H49F3N6O5. The van der Waals surface area contributed by atoms with Gasteiger partial charge in [0.15, 0.2) is 0 Å². The number of likely N-dealkylation sites (tertiary alicyclic amines) is 2. The van der Waals surface area contributed by atoms with E-state index in [1.165, 1.54) is 13.2 Å². The van der Waals surface area contributed by atoms with Crippen molar-refractivity contribution in [2.24, 2.45) is 34.5 Å². The molecule has 4 fully saturated rings. The lowest BCUT2D eigenvalue weighted by Crippen LogP contribution is -2.65. The Balaban J connectivity index is 1.13. The lowest BCUT2D eigenvalue weighted by Gasteiger charge is -2.50. The highest BCUT2D eigenvalue weighted by Crippen LogP contribution is 2.54. The number of likely N-dealkylation sites (N-methyl/N-ethyl adjacent to an activating group) is 1. The second-order valence-electron chi connectivity index (χ2n) is 15.9. The molecule has 3 heterocycles. The van der Waals surface area contributed by atoms with Gasteiger partial charge in [-0.2, -0.15) is 18.3 Å². The molecule has 0 bridgehead atoms. The molecule has 278 valence electrons. The molecule has 2 N–H and O–H groups in total. The van der Waals surface area contributed by atoms with E-state index in [-0.39, 0.29) is 61.6 Å². The standard InChI is InChI=1S/C37H49F3N6O5/c1-23(51-19-25-10-12-27(13-11-25)37(38,39)40)30(32(48)41-4)43-31(47)29-18-44(20-36(29)21-45(22-36)34(50)28-14-35(28,2)3)33(49)26-15-42-46(17-26)16-24-8-6-5-7-9-24/h5-9,15,17,23,25,27-30H,10-14,16,18-22H2,1-4H3,(H,41,48)(H,43,47)/t23-,25?,27?,28-,29-,30+/m1/s1. The molecule has 4 aliphatic rings. The van der Waals surface area contributed by atoms with Crippen LogP contribution < -0.4 is 10.6 Å². The van der Waals surface area contributed by atoms with E-state index in [1.54, 1.807) is 27.6 Å². The van der Waals surface area contributed by atoms with Gasteiger partial charge in [0.05, 0.1) is 36.2 Å². The number of carbonyl (C=O) groups excluding carboxylic acids is 4. The molecule has 11 nitrogen and oxygen atoms in total. The summed E-state index contributed by atoms with van der Waals surface area (Å²) in [6.07, 6.45) is -0.0948. The van der Waals surface area contributed by atoms with Gasteiger partial charge in [-0.25, -0.2) is 0 Å². The van der Waals surface area contributed by atoms with Crippen molar-refractivity contribution in [1.82, 2.24) is 30.2 Å². The van der Waals surface area contributed by atoms with Crippen molar-refractivity contribution >= 4 is 23.6 Å². The second-order valence-corrected chi connectivity index (χ2v) is 15.9. The minimum atomic E-state index is -4.20. The molecule has 2 aliphatic heterocycles. The van der Waals surface area contributed by atoms with Crippen LogP contribution in [0.25, 0.3) is 0 Å². The van der Waals surface area contributed by atoms with Crippen molar-refractivity contribution in [3.05, 3.63) is 53.9 Å². The molecule has 0 unspecified atom stereocenters. The zero-order chi connectivity index (χ0) is 36.7. The molecule has 14 heteroatoms. The number of amides is 4. The molecule has 1 aromatic carbocycles. The second kappa shape index (κ2) is 14.2. The summed E-state index contributed by atoms with van der Waals surface area (Å²) in [5.41, 5.74) is 0.682. The first kappa shape index (κ1) is 36.8. The molecule has 2 aromatic rings. The van der Waals surface area contributed by atoms with Crippen molar-refractivity contribution in [2.75, 3.05) is 39.8 Å². The molecule has 2 saturated carbocycles. The SMILES string of the molecule is CNC(=O)[C@@H](NC(=O)[C@H]1CN(C(=O)c2cnn(Cc3ccccc3)c2)CC12CN(C(=O)[C@H]1CC1(C)C)C2)[C@@H](C)OCC1CCC(C(F)(F)F)CC1. The van der Waals surface area contributed by atoms with Crippen LogP contribution in [-0.4, -0.2) is 101 Å². The first-order valence-electron chi connectivity index (χ1n) is 17.9. The average molecular weight is 715 g/mol. The Labute approximate surface area is 296 Å². The number of ether oxygens (including phenoxy) is 1. The van der Waals surface area contributed by atoms with Crippen LogP contribution in [0.2, 0.25) is 0 Å². The minimum absolute atomic E-state index is 0.0477. The molecule has 6 rings (SSSR count). The Hall–Kier alpha value is -3.94. The fraction of sp³-hybridized carbons (Fsp3) is 0.649.